The van der Waals surface area contributed by atoms with Gasteiger partial charge in [-0.25, -0.2) is 4.98 Å². The predicted molar refractivity (Wildman–Crippen MR) is 74.3 cm³/mol. The first kappa shape index (κ1) is 16.6. The first-order valence-corrected chi connectivity index (χ1v) is 6.03. The SMILES string of the molecule is Cc1nc(CN2CCNCCC2=O)cs1.Cl.Cl. The lowest BCUT2D eigenvalue weighted by molar-refractivity contribution is -0.131. The molecule has 0 aromatic carbocycles. The fraction of sp³-hybridized carbons (Fsp3) is 0.600. The first-order chi connectivity index (χ1) is 7.25. The third-order valence-electron chi connectivity index (χ3n) is 2.45. The Morgan fingerprint density at radius 1 is 1.47 bits per heavy atom. The first-order valence-electron chi connectivity index (χ1n) is 5.15. The summed E-state index contributed by atoms with van der Waals surface area (Å²) in [5.41, 5.74) is 1.01. The van der Waals surface area contributed by atoms with Crippen LogP contribution in [0.25, 0.3) is 0 Å². The second kappa shape index (κ2) is 7.87. The summed E-state index contributed by atoms with van der Waals surface area (Å²) >= 11 is 1.63. The van der Waals surface area contributed by atoms with Gasteiger partial charge in [-0.15, -0.1) is 36.2 Å². The van der Waals surface area contributed by atoms with Crippen molar-refractivity contribution in [2.24, 2.45) is 0 Å². The zero-order valence-electron chi connectivity index (χ0n) is 9.64. The monoisotopic (exact) mass is 297 g/mol. The van der Waals surface area contributed by atoms with Gasteiger partial charge in [0, 0.05) is 31.4 Å². The molecule has 1 fully saturated rings. The van der Waals surface area contributed by atoms with E-state index in [1.807, 2.05) is 17.2 Å². The molecular weight excluding hydrogens is 281 g/mol. The number of halogens is 2. The topological polar surface area (TPSA) is 45.2 Å². The van der Waals surface area contributed by atoms with Gasteiger partial charge in [0.05, 0.1) is 17.2 Å². The molecule has 0 aliphatic carbocycles. The quantitative estimate of drug-likeness (QED) is 0.902. The van der Waals surface area contributed by atoms with E-state index in [4.69, 9.17) is 0 Å². The molecule has 1 N–H and O–H groups in total. The van der Waals surface area contributed by atoms with E-state index in [0.717, 1.165) is 30.3 Å². The minimum Gasteiger partial charge on any atom is -0.335 e. The van der Waals surface area contributed by atoms with Gasteiger partial charge in [0.2, 0.25) is 5.91 Å². The Hall–Kier alpha value is -0.360. The van der Waals surface area contributed by atoms with Crippen LogP contribution in [0, 0.1) is 6.92 Å². The molecule has 17 heavy (non-hydrogen) atoms. The number of carbonyl (C=O) groups is 1. The summed E-state index contributed by atoms with van der Waals surface area (Å²) in [6, 6.07) is 0. The largest absolute Gasteiger partial charge is 0.335 e. The van der Waals surface area contributed by atoms with Crippen molar-refractivity contribution in [2.75, 3.05) is 19.6 Å². The van der Waals surface area contributed by atoms with E-state index in [0.29, 0.717) is 13.0 Å². The predicted octanol–water partition coefficient (Wildman–Crippen LogP) is 1.62. The van der Waals surface area contributed by atoms with E-state index in [2.05, 4.69) is 10.3 Å². The molecule has 1 aromatic heterocycles. The van der Waals surface area contributed by atoms with E-state index >= 15 is 0 Å². The number of nitrogens with one attached hydrogen (secondary N) is 1. The minimum atomic E-state index is 0. The van der Waals surface area contributed by atoms with Crippen molar-refractivity contribution in [3.8, 4) is 0 Å². The Balaban J connectivity index is 0.00000128. The van der Waals surface area contributed by atoms with Crippen molar-refractivity contribution < 1.29 is 4.79 Å². The molecular formula is C10H17Cl2N3OS. The molecule has 0 saturated carbocycles. The van der Waals surface area contributed by atoms with E-state index in [1.54, 1.807) is 11.3 Å². The van der Waals surface area contributed by atoms with E-state index in [9.17, 15) is 4.79 Å². The molecule has 4 nitrogen and oxygen atoms in total. The van der Waals surface area contributed by atoms with Gasteiger partial charge >= 0.3 is 0 Å². The van der Waals surface area contributed by atoms with Crippen molar-refractivity contribution in [2.45, 2.75) is 19.9 Å². The number of nitrogens with zero attached hydrogens (tertiary/aromatic N) is 2. The molecule has 0 unspecified atom stereocenters. The van der Waals surface area contributed by atoms with Crippen LogP contribution < -0.4 is 5.32 Å². The Morgan fingerprint density at radius 3 is 2.88 bits per heavy atom. The van der Waals surface area contributed by atoms with Gasteiger partial charge in [0.25, 0.3) is 0 Å². The average molecular weight is 298 g/mol. The van der Waals surface area contributed by atoms with Crippen LogP contribution in [0.5, 0.6) is 0 Å². The maximum absolute atomic E-state index is 11.7. The van der Waals surface area contributed by atoms with Crippen LogP contribution in [0.3, 0.4) is 0 Å². The van der Waals surface area contributed by atoms with Gasteiger partial charge in [0.15, 0.2) is 0 Å². The summed E-state index contributed by atoms with van der Waals surface area (Å²) in [5, 5.41) is 6.31. The fourth-order valence-electron chi connectivity index (χ4n) is 1.66. The number of amides is 1. The zero-order valence-corrected chi connectivity index (χ0v) is 12.1. The molecule has 1 saturated heterocycles. The maximum Gasteiger partial charge on any atom is 0.224 e. The Labute approximate surface area is 118 Å². The molecule has 2 heterocycles. The summed E-state index contributed by atoms with van der Waals surface area (Å²) in [6.45, 7) is 5.11. The highest BCUT2D eigenvalue weighted by Crippen LogP contribution is 2.11. The number of aryl methyl sites for hydroxylation is 1. The van der Waals surface area contributed by atoms with Crippen LogP contribution in [0.1, 0.15) is 17.1 Å². The molecule has 0 atom stereocenters. The highest BCUT2D eigenvalue weighted by molar-refractivity contribution is 7.09. The molecule has 1 aliphatic heterocycles. The van der Waals surface area contributed by atoms with Gasteiger partial charge in [-0.05, 0) is 6.92 Å². The average Bonchev–Trinajstić information content (AvgIpc) is 2.50. The lowest BCUT2D eigenvalue weighted by Gasteiger charge is -2.18. The van der Waals surface area contributed by atoms with Crippen molar-refractivity contribution >= 4 is 42.1 Å². The smallest absolute Gasteiger partial charge is 0.224 e. The van der Waals surface area contributed by atoms with Gasteiger partial charge in [-0.3, -0.25) is 4.79 Å². The summed E-state index contributed by atoms with van der Waals surface area (Å²) < 4.78 is 0. The highest BCUT2D eigenvalue weighted by Gasteiger charge is 2.17. The van der Waals surface area contributed by atoms with Crippen LogP contribution in [0.15, 0.2) is 5.38 Å². The summed E-state index contributed by atoms with van der Waals surface area (Å²) in [4.78, 5) is 17.9. The molecule has 1 aliphatic rings. The summed E-state index contributed by atoms with van der Waals surface area (Å²) in [7, 11) is 0. The van der Waals surface area contributed by atoms with Gasteiger partial charge in [0.1, 0.15) is 0 Å². The molecule has 0 spiro atoms. The summed E-state index contributed by atoms with van der Waals surface area (Å²) in [6.07, 6.45) is 0.600. The van der Waals surface area contributed by atoms with Gasteiger partial charge in [-0.2, -0.15) is 0 Å². The highest BCUT2D eigenvalue weighted by atomic mass is 35.5. The van der Waals surface area contributed by atoms with Crippen molar-refractivity contribution in [1.29, 1.82) is 0 Å². The third kappa shape index (κ3) is 4.79. The van der Waals surface area contributed by atoms with Gasteiger partial charge in [-0.1, -0.05) is 0 Å². The normalized spacial score (nSPS) is 15.8. The molecule has 98 valence electrons. The standard InChI is InChI=1S/C10H15N3OS.2ClH/c1-8-12-9(7-15-8)6-13-5-4-11-3-2-10(13)14;;/h7,11H,2-6H2,1H3;2*1H. The molecule has 7 heteroatoms. The fourth-order valence-corrected chi connectivity index (χ4v) is 2.26. The molecule has 2 rings (SSSR count). The molecule has 1 aromatic rings. The number of thiazole rings is 1. The van der Waals surface area contributed by atoms with Crippen molar-refractivity contribution in [3.05, 3.63) is 16.1 Å². The molecule has 0 bridgehead atoms. The summed E-state index contributed by atoms with van der Waals surface area (Å²) in [5.74, 6) is 0.227. The second-order valence-corrected chi connectivity index (χ2v) is 4.74. The second-order valence-electron chi connectivity index (χ2n) is 3.67. The number of rotatable bonds is 2. The number of hydrogen-bond donors (Lipinski definition) is 1. The van der Waals surface area contributed by atoms with Crippen molar-refractivity contribution in [1.82, 2.24) is 15.2 Å². The van der Waals surface area contributed by atoms with E-state index in [-0.39, 0.29) is 30.7 Å². The van der Waals surface area contributed by atoms with Crippen LogP contribution in [-0.2, 0) is 11.3 Å². The van der Waals surface area contributed by atoms with Gasteiger partial charge < -0.3 is 10.2 Å². The van der Waals surface area contributed by atoms with Crippen LogP contribution in [0.2, 0.25) is 0 Å². The Bertz CT molecular complexity index is 359. The Morgan fingerprint density at radius 2 is 2.24 bits per heavy atom. The van der Waals surface area contributed by atoms with E-state index < -0.39 is 0 Å². The Kier molecular flexibility index (Phi) is 7.70. The van der Waals surface area contributed by atoms with Crippen LogP contribution >= 0.6 is 36.2 Å². The van der Waals surface area contributed by atoms with E-state index in [1.165, 1.54) is 0 Å². The number of hydrogen-bond acceptors (Lipinski definition) is 4. The third-order valence-corrected chi connectivity index (χ3v) is 3.27. The molecule has 0 radical (unpaired) electrons. The van der Waals surface area contributed by atoms with Crippen LogP contribution in [-0.4, -0.2) is 35.4 Å². The lowest BCUT2D eigenvalue weighted by Crippen LogP contribution is -2.31. The molecule has 1 amide bonds. The maximum atomic E-state index is 11.7. The number of aromatic nitrogens is 1. The number of carbonyl (C=O) groups excluding carboxylic acids is 1. The zero-order chi connectivity index (χ0) is 10.7. The van der Waals surface area contributed by atoms with Crippen LogP contribution in [0.4, 0.5) is 0 Å². The van der Waals surface area contributed by atoms with Crippen molar-refractivity contribution in [3.63, 3.8) is 0 Å². The lowest BCUT2D eigenvalue weighted by atomic mass is 10.3. The minimum absolute atomic E-state index is 0.